The van der Waals surface area contributed by atoms with Crippen molar-refractivity contribution in [3.63, 3.8) is 0 Å². The van der Waals surface area contributed by atoms with E-state index in [2.05, 4.69) is 10.9 Å². The summed E-state index contributed by atoms with van der Waals surface area (Å²) in [5.41, 5.74) is -0.0982. The molecule has 88 valence electrons. The van der Waals surface area contributed by atoms with Gasteiger partial charge >= 0.3 is 5.97 Å². The van der Waals surface area contributed by atoms with E-state index in [1.165, 1.54) is 7.11 Å². The molecule has 0 aromatic heterocycles. The number of carbonyl (C=O) groups excluding carboxylic acids is 1. The van der Waals surface area contributed by atoms with Crippen molar-refractivity contribution in [2.24, 2.45) is 4.99 Å². The Morgan fingerprint density at radius 1 is 1.53 bits per heavy atom. The summed E-state index contributed by atoms with van der Waals surface area (Å²) in [5, 5.41) is 0. The summed E-state index contributed by atoms with van der Waals surface area (Å²) in [6.45, 7) is 1.66. The standard InChI is InChI=1S/C14H15NO2/c1-4-10-14(2,13(16)17-3)15-11-12-8-6-5-7-9-12/h1,5-9,11H,10H2,2-3H3/t14-/m1/s1. The summed E-state index contributed by atoms with van der Waals surface area (Å²) in [5.74, 6) is 2.02. The molecule has 0 saturated heterocycles. The number of hydrogen-bond acceptors (Lipinski definition) is 3. The maximum Gasteiger partial charge on any atom is 0.334 e. The maximum absolute atomic E-state index is 11.6. The van der Waals surface area contributed by atoms with Crippen molar-refractivity contribution in [1.82, 2.24) is 0 Å². The molecule has 1 aromatic carbocycles. The van der Waals surface area contributed by atoms with E-state index < -0.39 is 11.5 Å². The highest BCUT2D eigenvalue weighted by Gasteiger charge is 2.32. The molecular formula is C14H15NO2. The van der Waals surface area contributed by atoms with Gasteiger partial charge in [0.05, 0.1) is 7.11 Å². The van der Waals surface area contributed by atoms with Gasteiger partial charge in [-0.15, -0.1) is 12.3 Å². The molecular weight excluding hydrogens is 214 g/mol. The van der Waals surface area contributed by atoms with Crippen molar-refractivity contribution >= 4 is 12.2 Å². The van der Waals surface area contributed by atoms with Crippen LogP contribution in [0.5, 0.6) is 0 Å². The minimum atomic E-state index is -1.01. The van der Waals surface area contributed by atoms with Crippen molar-refractivity contribution in [2.75, 3.05) is 7.11 Å². The van der Waals surface area contributed by atoms with E-state index >= 15 is 0 Å². The predicted molar refractivity (Wildman–Crippen MR) is 67.9 cm³/mol. The number of aliphatic imine (C=N–C) groups is 1. The van der Waals surface area contributed by atoms with Gasteiger partial charge in [0.15, 0.2) is 5.54 Å². The van der Waals surface area contributed by atoms with Crippen molar-refractivity contribution in [3.8, 4) is 12.3 Å². The zero-order chi connectivity index (χ0) is 12.7. The molecule has 0 heterocycles. The maximum atomic E-state index is 11.6. The second kappa shape index (κ2) is 5.86. The number of hydrogen-bond donors (Lipinski definition) is 0. The van der Waals surface area contributed by atoms with Gasteiger partial charge < -0.3 is 4.74 Å². The van der Waals surface area contributed by atoms with Gasteiger partial charge in [0, 0.05) is 12.6 Å². The van der Waals surface area contributed by atoms with E-state index in [1.54, 1.807) is 13.1 Å². The first-order chi connectivity index (χ1) is 8.12. The Balaban J connectivity index is 2.92. The molecule has 1 aromatic rings. The summed E-state index contributed by atoms with van der Waals surface area (Å²) in [7, 11) is 1.33. The molecule has 0 aliphatic heterocycles. The molecule has 0 saturated carbocycles. The average Bonchev–Trinajstić information content (AvgIpc) is 2.37. The summed E-state index contributed by atoms with van der Waals surface area (Å²) in [6.07, 6.45) is 7.09. The second-order valence-electron chi connectivity index (χ2n) is 3.82. The van der Waals surface area contributed by atoms with Crippen LogP contribution in [0, 0.1) is 12.3 Å². The van der Waals surface area contributed by atoms with E-state index in [9.17, 15) is 4.79 Å². The number of benzene rings is 1. The van der Waals surface area contributed by atoms with Crippen molar-refractivity contribution in [2.45, 2.75) is 18.9 Å². The summed E-state index contributed by atoms with van der Waals surface area (Å²) < 4.78 is 4.71. The summed E-state index contributed by atoms with van der Waals surface area (Å²) in [6, 6.07) is 9.52. The lowest BCUT2D eigenvalue weighted by atomic mass is 9.99. The van der Waals surface area contributed by atoms with E-state index in [-0.39, 0.29) is 6.42 Å². The smallest absolute Gasteiger partial charge is 0.334 e. The van der Waals surface area contributed by atoms with Crippen LogP contribution in [0.1, 0.15) is 18.9 Å². The van der Waals surface area contributed by atoms with Gasteiger partial charge in [-0.3, -0.25) is 4.99 Å². The number of nitrogens with zero attached hydrogens (tertiary/aromatic N) is 1. The molecule has 0 aliphatic carbocycles. The Bertz CT molecular complexity index is 445. The van der Waals surface area contributed by atoms with E-state index in [0.717, 1.165) is 5.56 Å². The zero-order valence-corrected chi connectivity index (χ0v) is 10.0. The van der Waals surface area contributed by atoms with Crippen LogP contribution in [0.25, 0.3) is 0 Å². The quantitative estimate of drug-likeness (QED) is 0.450. The monoisotopic (exact) mass is 229 g/mol. The Kier molecular flexibility index (Phi) is 4.47. The molecule has 17 heavy (non-hydrogen) atoms. The lowest BCUT2D eigenvalue weighted by Gasteiger charge is -2.19. The molecule has 0 amide bonds. The summed E-state index contributed by atoms with van der Waals surface area (Å²) >= 11 is 0. The van der Waals surface area contributed by atoms with Gasteiger partial charge in [0.2, 0.25) is 0 Å². The lowest BCUT2D eigenvalue weighted by molar-refractivity contribution is -0.146. The summed E-state index contributed by atoms with van der Waals surface area (Å²) in [4.78, 5) is 15.9. The van der Waals surface area contributed by atoms with Gasteiger partial charge in [0.1, 0.15) is 0 Å². The highest BCUT2D eigenvalue weighted by atomic mass is 16.5. The molecule has 0 unspecified atom stereocenters. The second-order valence-corrected chi connectivity index (χ2v) is 3.82. The molecule has 3 heteroatoms. The number of rotatable bonds is 4. The van der Waals surface area contributed by atoms with Crippen LogP contribution in [0.3, 0.4) is 0 Å². The molecule has 0 fully saturated rings. The normalized spacial score (nSPS) is 13.9. The first-order valence-corrected chi connectivity index (χ1v) is 5.24. The largest absolute Gasteiger partial charge is 0.467 e. The van der Waals surface area contributed by atoms with Gasteiger partial charge in [0.25, 0.3) is 0 Å². The fourth-order valence-electron chi connectivity index (χ4n) is 1.35. The third kappa shape index (κ3) is 3.46. The molecule has 1 atom stereocenters. The minimum Gasteiger partial charge on any atom is -0.467 e. The molecule has 0 aliphatic rings. The number of esters is 1. The Hall–Kier alpha value is -2.08. The van der Waals surface area contributed by atoms with Crippen molar-refractivity contribution in [3.05, 3.63) is 35.9 Å². The van der Waals surface area contributed by atoms with Crippen LogP contribution < -0.4 is 0 Å². The third-order valence-electron chi connectivity index (χ3n) is 2.37. The minimum absolute atomic E-state index is 0.211. The molecule has 0 bridgehead atoms. The fourth-order valence-corrected chi connectivity index (χ4v) is 1.35. The van der Waals surface area contributed by atoms with Gasteiger partial charge in [-0.05, 0) is 12.5 Å². The molecule has 0 radical (unpaired) electrons. The highest BCUT2D eigenvalue weighted by Crippen LogP contribution is 2.16. The van der Waals surface area contributed by atoms with Crippen LogP contribution in [-0.2, 0) is 9.53 Å². The highest BCUT2D eigenvalue weighted by molar-refractivity contribution is 5.86. The van der Waals surface area contributed by atoms with Crippen molar-refractivity contribution in [1.29, 1.82) is 0 Å². The first kappa shape index (κ1) is 13.0. The molecule has 0 N–H and O–H groups in total. The lowest BCUT2D eigenvalue weighted by Crippen LogP contribution is -2.34. The predicted octanol–water partition coefficient (Wildman–Crippen LogP) is 2.06. The average molecular weight is 229 g/mol. The Morgan fingerprint density at radius 2 is 2.18 bits per heavy atom. The Labute approximate surface area is 102 Å². The number of methoxy groups -OCH3 is 1. The van der Waals surface area contributed by atoms with Crippen molar-refractivity contribution < 1.29 is 9.53 Å². The third-order valence-corrected chi connectivity index (χ3v) is 2.37. The zero-order valence-electron chi connectivity index (χ0n) is 10.0. The van der Waals surface area contributed by atoms with E-state index in [0.29, 0.717) is 0 Å². The van der Waals surface area contributed by atoms with Crippen LogP contribution >= 0.6 is 0 Å². The Morgan fingerprint density at radius 3 is 2.71 bits per heavy atom. The van der Waals surface area contributed by atoms with Gasteiger partial charge in [-0.25, -0.2) is 4.79 Å². The van der Waals surface area contributed by atoms with Crippen LogP contribution in [-0.4, -0.2) is 24.8 Å². The molecule has 3 nitrogen and oxygen atoms in total. The number of terminal acetylenes is 1. The van der Waals surface area contributed by atoms with Crippen LogP contribution in [0.4, 0.5) is 0 Å². The van der Waals surface area contributed by atoms with Crippen LogP contribution in [0.15, 0.2) is 35.3 Å². The topological polar surface area (TPSA) is 38.7 Å². The number of carbonyl (C=O) groups is 1. The van der Waals surface area contributed by atoms with Gasteiger partial charge in [-0.1, -0.05) is 30.3 Å². The number of ether oxygens (including phenoxy) is 1. The SMILES string of the molecule is C#CC[C@@](C)(N=Cc1ccccc1)C(=O)OC. The van der Waals surface area contributed by atoms with E-state index in [1.807, 2.05) is 30.3 Å². The van der Waals surface area contributed by atoms with Crippen LogP contribution in [0.2, 0.25) is 0 Å². The first-order valence-electron chi connectivity index (χ1n) is 5.24. The van der Waals surface area contributed by atoms with Gasteiger partial charge in [-0.2, -0.15) is 0 Å². The van der Waals surface area contributed by atoms with E-state index in [4.69, 9.17) is 11.2 Å². The molecule has 0 spiro atoms. The fraction of sp³-hybridized carbons (Fsp3) is 0.286. The molecule has 1 rings (SSSR count).